The van der Waals surface area contributed by atoms with Gasteiger partial charge in [-0.1, -0.05) is 11.5 Å². The standard InChI is InChI=1S/C29H50ClN11O8S/c30-26-38-27(40-28(39-26)34-7-11-46-15-19-49-20-16-47-12-8-35-41-31)33-6-10-45-14-18-48-17-13-44-9-5-32-24(42)4-2-1-3-23-25-22(21-50-23)36-29(43)37-25/h22-23,25H,1-21H2,(H,32,42)(H2,36,37,43)(H2,33,34,38,39,40)/t22-,23-,25-/m0/s1. The van der Waals surface area contributed by atoms with E-state index in [1.165, 1.54) is 0 Å². The minimum Gasteiger partial charge on any atom is -0.379 e. The van der Waals surface area contributed by atoms with Gasteiger partial charge in [0.1, 0.15) is 0 Å². The molecule has 1 aromatic heterocycles. The first kappa shape index (κ1) is 41.5. The number of unbranched alkanes of at least 4 members (excludes halogenated alkanes) is 1. The summed E-state index contributed by atoms with van der Waals surface area (Å²) in [4.78, 5) is 38.6. The van der Waals surface area contributed by atoms with Gasteiger partial charge in [0.15, 0.2) is 0 Å². The molecule has 0 unspecified atom stereocenters. The second-order valence-electron chi connectivity index (χ2n) is 11.0. The maximum Gasteiger partial charge on any atom is 0.315 e. The van der Waals surface area contributed by atoms with Gasteiger partial charge in [-0.25, -0.2) is 4.79 Å². The zero-order valence-electron chi connectivity index (χ0n) is 28.3. The predicted octanol–water partition coefficient (Wildman–Crippen LogP) is 1.60. The highest BCUT2D eigenvalue weighted by Crippen LogP contribution is 2.33. The molecule has 3 heterocycles. The van der Waals surface area contributed by atoms with Gasteiger partial charge in [-0.3, -0.25) is 4.79 Å². The zero-order chi connectivity index (χ0) is 35.5. The van der Waals surface area contributed by atoms with E-state index in [4.69, 9.17) is 45.6 Å². The molecular weight excluding hydrogens is 698 g/mol. The van der Waals surface area contributed by atoms with Crippen LogP contribution in [-0.4, -0.2) is 155 Å². The molecular formula is C29H50ClN11O8S. The van der Waals surface area contributed by atoms with E-state index < -0.39 is 0 Å². The van der Waals surface area contributed by atoms with Gasteiger partial charge in [0.2, 0.25) is 23.1 Å². The third-order valence-electron chi connectivity index (χ3n) is 7.20. The maximum absolute atomic E-state index is 12.1. The largest absolute Gasteiger partial charge is 0.379 e. The lowest BCUT2D eigenvalue weighted by atomic mass is 10.0. The van der Waals surface area contributed by atoms with Crippen molar-refractivity contribution in [1.29, 1.82) is 0 Å². The fourth-order valence-corrected chi connectivity index (χ4v) is 6.54. The van der Waals surface area contributed by atoms with Crippen molar-refractivity contribution in [2.24, 2.45) is 5.11 Å². The number of hydrogen-bond acceptors (Lipinski definition) is 15. The summed E-state index contributed by atoms with van der Waals surface area (Å²) < 4.78 is 32.7. The summed E-state index contributed by atoms with van der Waals surface area (Å²) in [6, 6.07) is 0.381. The highest BCUT2D eigenvalue weighted by Gasteiger charge is 2.42. The molecule has 3 atom stereocenters. The van der Waals surface area contributed by atoms with Gasteiger partial charge in [0, 0.05) is 48.5 Å². The first-order chi connectivity index (χ1) is 24.5. The van der Waals surface area contributed by atoms with Crippen LogP contribution in [0.5, 0.6) is 0 Å². The monoisotopic (exact) mass is 747 g/mol. The van der Waals surface area contributed by atoms with Crippen molar-refractivity contribution >= 4 is 47.2 Å². The average Bonchev–Trinajstić information content (AvgIpc) is 3.66. The van der Waals surface area contributed by atoms with Gasteiger partial charge in [-0.05, 0) is 30.0 Å². The minimum absolute atomic E-state index is 0.0284. The average molecular weight is 748 g/mol. The Morgan fingerprint density at radius 2 is 1.38 bits per heavy atom. The number of carbonyl (C=O) groups is 2. The van der Waals surface area contributed by atoms with Crippen molar-refractivity contribution in [2.45, 2.75) is 43.0 Å². The number of thioether (sulfide) groups is 1. The van der Waals surface area contributed by atoms with Crippen molar-refractivity contribution in [1.82, 2.24) is 30.9 Å². The van der Waals surface area contributed by atoms with E-state index in [2.05, 4.69) is 51.6 Å². The Balaban J connectivity index is 1.05. The Morgan fingerprint density at radius 3 is 1.98 bits per heavy atom. The summed E-state index contributed by atoms with van der Waals surface area (Å²) in [7, 11) is 0. The van der Waals surface area contributed by atoms with Gasteiger partial charge in [0.05, 0.1) is 91.4 Å². The highest BCUT2D eigenvalue weighted by molar-refractivity contribution is 8.00. The third-order valence-corrected chi connectivity index (χ3v) is 8.88. The number of anilines is 2. The van der Waals surface area contributed by atoms with E-state index in [-0.39, 0.29) is 29.3 Å². The molecule has 2 fully saturated rings. The molecule has 0 radical (unpaired) electrons. The Hall–Kier alpha value is -2.94. The maximum atomic E-state index is 12.1. The van der Waals surface area contributed by atoms with Crippen LogP contribution in [-0.2, 0) is 33.2 Å². The van der Waals surface area contributed by atoms with Crippen LogP contribution in [0.1, 0.15) is 25.7 Å². The van der Waals surface area contributed by atoms with E-state index in [1.54, 1.807) is 0 Å². The van der Waals surface area contributed by atoms with Crippen LogP contribution < -0.4 is 26.6 Å². The Bertz CT molecular complexity index is 1160. The van der Waals surface area contributed by atoms with Crippen molar-refractivity contribution < 1.29 is 38.0 Å². The number of nitrogens with one attached hydrogen (secondary N) is 5. The number of azide groups is 1. The number of hydrogen-bond donors (Lipinski definition) is 5. The number of urea groups is 1. The van der Waals surface area contributed by atoms with Crippen molar-refractivity contribution in [3.8, 4) is 0 Å². The van der Waals surface area contributed by atoms with Crippen LogP contribution in [0.15, 0.2) is 5.11 Å². The number of fused-ring (bicyclic) bond motifs is 1. The molecule has 50 heavy (non-hydrogen) atoms. The lowest BCUT2D eigenvalue weighted by Crippen LogP contribution is -2.36. The summed E-state index contributed by atoms with van der Waals surface area (Å²) in [5.41, 5.74) is 8.18. The molecule has 3 rings (SSSR count). The number of halogens is 1. The normalized spacial score (nSPS) is 17.9. The van der Waals surface area contributed by atoms with Gasteiger partial charge >= 0.3 is 6.03 Å². The van der Waals surface area contributed by atoms with Crippen LogP contribution in [0.25, 0.3) is 10.4 Å². The van der Waals surface area contributed by atoms with Crippen molar-refractivity contribution in [3.05, 3.63) is 15.7 Å². The van der Waals surface area contributed by atoms with E-state index in [1.807, 2.05) is 11.8 Å². The van der Waals surface area contributed by atoms with Crippen LogP contribution in [0.3, 0.4) is 0 Å². The lowest BCUT2D eigenvalue weighted by Gasteiger charge is -2.16. The topological polar surface area (TPSA) is 237 Å². The SMILES string of the molecule is [N-]=[N+]=NCCOCCOCCOCCNc1nc(Cl)nc(NCCOCCOCCOCCNC(=O)CCCC[C@@H]2SC[C@@H]3NC(=O)N[C@@H]32)n1. The Kier molecular flexibility index (Phi) is 22.2. The summed E-state index contributed by atoms with van der Waals surface area (Å²) in [6.45, 7) is 6.77. The predicted molar refractivity (Wildman–Crippen MR) is 188 cm³/mol. The van der Waals surface area contributed by atoms with Crippen molar-refractivity contribution in [2.75, 3.05) is 122 Å². The van der Waals surface area contributed by atoms with Gasteiger partial charge < -0.3 is 55.0 Å². The van der Waals surface area contributed by atoms with Crippen LogP contribution in [0, 0.1) is 0 Å². The molecule has 21 heteroatoms. The second-order valence-corrected chi connectivity index (χ2v) is 12.6. The first-order valence-electron chi connectivity index (χ1n) is 16.9. The van der Waals surface area contributed by atoms with Crippen LogP contribution in [0.2, 0.25) is 5.28 Å². The molecule has 0 saturated carbocycles. The zero-order valence-corrected chi connectivity index (χ0v) is 29.9. The molecule has 282 valence electrons. The van der Waals surface area contributed by atoms with Crippen LogP contribution in [0.4, 0.5) is 16.7 Å². The molecule has 0 aromatic carbocycles. The molecule has 1 aromatic rings. The van der Waals surface area contributed by atoms with Gasteiger partial charge in [-0.2, -0.15) is 26.7 Å². The fraction of sp³-hybridized carbons (Fsp3) is 0.828. The van der Waals surface area contributed by atoms with Gasteiger partial charge in [0.25, 0.3) is 0 Å². The molecule has 2 aliphatic heterocycles. The Morgan fingerprint density at radius 1 is 0.820 bits per heavy atom. The fourth-order valence-electron chi connectivity index (χ4n) is 4.84. The van der Waals surface area contributed by atoms with E-state index in [9.17, 15) is 9.59 Å². The summed E-state index contributed by atoms with van der Waals surface area (Å²) in [5.74, 6) is 1.63. The number of ether oxygens (including phenoxy) is 6. The number of nitrogens with zero attached hydrogens (tertiary/aromatic N) is 6. The van der Waals surface area contributed by atoms with E-state index in [0.717, 1.165) is 25.0 Å². The van der Waals surface area contributed by atoms with Crippen molar-refractivity contribution in [3.63, 3.8) is 0 Å². The molecule has 3 amide bonds. The number of aromatic nitrogens is 3. The summed E-state index contributed by atoms with van der Waals surface area (Å²) in [5, 5.41) is 18.8. The molecule has 2 saturated heterocycles. The molecule has 19 nitrogen and oxygen atoms in total. The second kappa shape index (κ2) is 26.8. The molecule has 2 aliphatic rings. The number of rotatable bonds is 31. The van der Waals surface area contributed by atoms with E-state index in [0.29, 0.717) is 129 Å². The Labute approximate surface area is 301 Å². The molecule has 0 bridgehead atoms. The summed E-state index contributed by atoms with van der Waals surface area (Å²) >= 11 is 7.92. The van der Waals surface area contributed by atoms with Crippen LogP contribution >= 0.6 is 23.4 Å². The number of amides is 3. The quantitative estimate of drug-likeness (QED) is 0.0239. The first-order valence-corrected chi connectivity index (χ1v) is 18.3. The lowest BCUT2D eigenvalue weighted by molar-refractivity contribution is -0.121. The molecule has 0 spiro atoms. The van der Waals surface area contributed by atoms with E-state index >= 15 is 0 Å². The minimum atomic E-state index is -0.0679. The number of carbonyl (C=O) groups excluding carboxylic acids is 2. The summed E-state index contributed by atoms with van der Waals surface area (Å²) in [6.07, 6.45) is 3.29. The van der Waals surface area contributed by atoms with Gasteiger partial charge in [-0.15, -0.1) is 0 Å². The molecule has 0 aliphatic carbocycles. The smallest absolute Gasteiger partial charge is 0.315 e. The highest BCUT2D eigenvalue weighted by atomic mass is 35.5. The third kappa shape index (κ3) is 18.9. The molecule has 5 N–H and O–H groups in total.